The lowest BCUT2D eigenvalue weighted by molar-refractivity contribution is -0.137. The third-order valence-electron chi connectivity index (χ3n) is 5.27. The number of hydrogen-bond acceptors (Lipinski definition) is 8. The summed E-state index contributed by atoms with van der Waals surface area (Å²) in [7, 11) is 2.38. The maximum Gasteiger partial charge on any atom is 0.412 e. The number of methoxy groups -OCH3 is 2. The van der Waals surface area contributed by atoms with E-state index < -0.39 is 24.1 Å². The van der Waals surface area contributed by atoms with Crippen LogP contribution in [0, 0.1) is 0 Å². The molecular formula is C30H28N2O8. The first-order chi connectivity index (χ1) is 19.4. The smallest absolute Gasteiger partial charge is 0.412 e. The molecule has 0 aromatic heterocycles. The minimum absolute atomic E-state index is 0.0263. The summed E-state index contributed by atoms with van der Waals surface area (Å²) >= 11 is 0. The molecule has 3 rings (SSSR count). The van der Waals surface area contributed by atoms with E-state index >= 15 is 0 Å². The molecular weight excluding hydrogens is 516 g/mol. The van der Waals surface area contributed by atoms with Crippen LogP contribution in [0.1, 0.15) is 22.3 Å². The Bertz CT molecular complexity index is 1260. The van der Waals surface area contributed by atoms with Crippen LogP contribution in [-0.2, 0) is 41.8 Å². The highest BCUT2D eigenvalue weighted by molar-refractivity contribution is 5.97. The number of esters is 2. The third-order valence-corrected chi connectivity index (χ3v) is 5.27. The fourth-order valence-corrected chi connectivity index (χ4v) is 3.27. The largest absolute Gasteiger partial charge is 0.464 e. The zero-order valence-electron chi connectivity index (χ0n) is 21.9. The van der Waals surface area contributed by atoms with Gasteiger partial charge in [0.2, 0.25) is 0 Å². The second-order valence-electron chi connectivity index (χ2n) is 8.14. The Kier molecular flexibility index (Phi) is 11.0. The van der Waals surface area contributed by atoms with Crippen molar-refractivity contribution in [3.05, 3.63) is 119 Å². The average Bonchev–Trinajstić information content (AvgIpc) is 2.99. The average molecular weight is 545 g/mol. The van der Waals surface area contributed by atoms with Gasteiger partial charge in [0.25, 0.3) is 0 Å². The first-order valence-electron chi connectivity index (χ1n) is 12.0. The number of amides is 2. The molecule has 10 heteroatoms. The monoisotopic (exact) mass is 544 g/mol. The van der Waals surface area contributed by atoms with Gasteiger partial charge in [-0.1, -0.05) is 84.9 Å². The molecule has 0 atom stereocenters. The molecule has 40 heavy (non-hydrogen) atoms. The van der Waals surface area contributed by atoms with Crippen molar-refractivity contribution in [1.82, 2.24) is 10.6 Å². The van der Waals surface area contributed by atoms with Crippen LogP contribution in [0.25, 0.3) is 12.2 Å². The van der Waals surface area contributed by atoms with Gasteiger partial charge in [-0.05, 0) is 34.4 Å². The molecule has 0 bridgehead atoms. The zero-order chi connectivity index (χ0) is 28.7. The molecule has 3 aromatic carbocycles. The molecule has 2 N–H and O–H groups in total. The van der Waals surface area contributed by atoms with Gasteiger partial charge < -0.3 is 18.9 Å². The lowest BCUT2D eigenvalue weighted by Gasteiger charge is -2.10. The Morgan fingerprint density at radius 2 is 0.925 bits per heavy atom. The Morgan fingerprint density at radius 1 is 0.575 bits per heavy atom. The number of hydrogen-bond donors (Lipinski definition) is 2. The van der Waals surface area contributed by atoms with Crippen LogP contribution >= 0.6 is 0 Å². The molecule has 0 spiro atoms. The van der Waals surface area contributed by atoms with Crippen molar-refractivity contribution in [3.63, 3.8) is 0 Å². The number of nitrogens with one attached hydrogen (secondary N) is 2. The molecule has 0 heterocycles. The standard InChI is InChI=1S/C30H28N2O8/c1-37-27(33)25(31-29(35)39-19-23-9-5-3-6-10-23)17-21-13-15-22(16-14-21)18-26(28(34)38-2)32-30(36)40-20-24-11-7-4-8-12-24/h3-18H,19-20H2,1-2H3,(H,31,35)(H,32,36)/b25-17-,26-18-. The number of rotatable bonds is 10. The van der Waals surface area contributed by atoms with Crippen LogP contribution < -0.4 is 10.6 Å². The van der Waals surface area contributed by atoms with Crippen LogP contribution in [0.2, 0.25) is 0 Å². The van der Waals surface area contributed by atoms with E-state index in [1.807, 2.05) is 36.4 Å². The van der Waals surface area contributed by atoms with Gasteiger partial charge in [0, 0.05) is 0 Å². The normalized spacial score (nSPS) is 11.2. The van der Waals surface area contributed by atoms with Crippen molar-refractivity contribution in [2.24, 2.45) is 0 Å². The summed E-state index contributed by atoms with van der Waals surface area (Å²) < 4.78 is 19.8. The number of benzene rings is 3. The van der Waals surface area contributed by atoms with Crippen molar-refractivity contribution < 1.29 is 38.1 Å². The lowest BCUT2D eigenvalue weighted by Crippen LogP contribution is -2.28. The molecule has 0 unspecified atom stereocenters. The minimum atomic E-state index is -0.826. The Labute approximate surface area is 231 Å². The minimum Gasteiger partial charge on any atom is -0.464 e. The van der Waals surface area contributed by atoms with Gasteiger partial charge in [-0.25, -0.2) is 19.2 Å². The number of alkyl carbamates (subject to hydrolysis) is 2. The topological polar surface area (TPSA) is 129 Å². The maximum atomic E-state index is 12.2. The van der Waals surface area contributed by atoms with Crippen molar-refractivity contribution in [2.75, 3.05) is 14.2 Å². The van der Waals surface area contributed by atoms with E-state index in [9.17, 15) is 19.2 Å². The second-order valence-corrected chi connectivity index (χ2v) is 8.14. The molecule has 0 fully saturated rings. The third kappa shape index (κ3) is 9.49. The van der Waals surface area contributed by atoms with Crippen molar-refractivity contribution in [1.29, 1.82) is 0 Å². The molecule has 0 radical (unpaired) electrons. The Hall–Kier alpha value is -5.38. The van der Waals surface area contributed by atoms with E-state index in [1.54, 1.807) is 48.5 Å². The van der Waals surface area contributed by atoms with Crippen LogP contribution in [-0.4, -0.2) is 38.3 Å². The van der Waals surface area contributed by atoms with E-state index in [2.05, 4.69) is 10.6 Å². The van der Waals surface area contributed by atoms with Crippen molar-refractivity contribution in [2.45, 2.75) is 13.2 Å². The highest BCUT2D eigenvalue weighted by Gasteiger charge is 2.16. The van der Waals surface area contributed by atoms with Crippen LogP contribution in [0.5, 0.6) is 0 Å². The molecule has 0 saturated carbocycles. The van der Waals surface area contributed by atoms with Crippen molar-refractivity contribution >= 4 is 36.3 Å². The summed E-state index contributed by atoms with van der Waals surface area (Å²) in [5.74, 6) is -1.54. The highest BCUT2D eigenvalue weighted by atomic mass is 16.6. The van der Waals surface area contributed by atoms with E-state index in [0.29, 0.717) is 11.1 Å². The lowest BCUT2D eigenvalue weighted by atomic mass is 10.1. The van der Waals surface area contributed by atoms with Gasteiger partial charge in [-0.3, -0.25) is 10.6 Å². The fourth-order valence-electron chi connectivity index (χ4n) is 3.27. The van der Waals surface area contributed by atoms with E-state index in [0.717, 1.165) is 11.1 Å². The van der Waals surface area contributed by atoms with Crippen LogP contribution in [0.3, 0.4) is 0 Å². The summed E-state index contributed by atoms with van der Waals surface area (Å²) in [4.78, 5) is 48.9. The SMILES string of the molecule is COC(=O)/C(=C/c1ccc(/C=C(\NC(=O)OCc2ccccc2)C(=O)OC)cc1)NC(=O)OCc1ccccc1. The van der Waals surface area contributed by atoms with Gasteiger partial charge in [0.1, 0.15) is 24.6 Å². The van der Waals surface area contributed by atoms with Gasteiger partial charge >= 0.3 is 24.1 Å². The molecule has 3 aromatic rings. The molecule has 2 amide bonds. The van der Waals surface area contributed by atoms with Crippen LogP contribution in [0.4, 0.5) is 9.59 Å². The first-order valence-corrected chi connectivity index (χ1v) is 12.0. The fraction of sp³-hybridized carbons (Fsp3) is 0.133. The summed E-state index contributed by atoms with van der Waals surface area (Å²) in [6.45, 7) is 0.0526. The highest BCUT2D eigenvalue weighted by Crippen LogP contribution is 2.13. The molecule has 10 nitrogen and oxygen atoms in total. The molecule has 0 aliphatic rings. The predicted octanol–water partition coefficient (Wildman–Crippen LogP) is 4.57. The van der Waals surface area contributed by atoms with Gasteiger partial charge in [-0.2, -0.15) is 0 Å². The van der Waals surface area contributed by atoms with Gasteiger partial charge in [0.05, 0.1) is 14.2 Å². The van der Waals surface area contributed by atoms with Gasteiger partial charge in [0.15, 0.2) is 0 Å². The second kappa shape index (κ2) is 15.1. The predicted molar refractivity (Wildman–Crippen MR) is 146 cm³/mol. The zero-order valence-corrected chi connectivity index (χ0v) is 21.9. The molecule has 0 aliphatic heterocycles. The quantitative estimate of drug-likeness (QED) is 0.216. The summed E-state index contributed by atoms with van der Waals surface area (Å²) in [6, 6.07) is 24.7. The number of carbonyl (C=O) groups is 4. The maximum absolute atomic E-state index is 12.2. The Morgan fingerprint density at radius 3 is 1.25 bits per heavy atom. The van der Waals surface area contributed by atoms with E-state index in [1.165, 1.54) is 26.4 Å². The molecule has 0 saturated heterocycles. The summed E-state index contributed by atoms with van der Waals surface area (Å²) in [5.41, 5.74) is 2.38. The molecule has 0 aliphatic carbocycles. The summed E-state index contributed by atoms with van der Waals surface area (Å²) in [6.07, 6.45) is 1.16. The number of ether oxygens (including phenoxy) is 4. The number of carbonyl (C=O) groups excluding carboxylic acids is 4. The van der Waals surface area contributed by atoms with E-state index in [4.69, 9.17) is 18.9 Å². The summed E-state index contributed by atoms with van der Waals surface area (Å²) in [5, 5.41) is 4.78. The first kappa shape index (κ1) is 29.2. The van der Waals surface area contributed by atoms with Crippen molar-refractivity contribution in [3.8, 4) is 0 Å². The van der Waals surface area contributed by atoms with Gasteiger partial charge in [-0.15, -0.1) is 0 Å². The molecule has 206 valence electrons. The van der Waals surface area contributed by atoms with E-state index in [-0.39, 0.29) is 24.6 Å². The van der Waals surface area contributed by atoms with Crippen LogP contribution in [0.15, 0.2) is 96.3 Å². The Balaban J connectivity index is 1.67.